The van der Waals surface area contributed by atoms with Crippen molar-refractivity contribution in [1.29, 1.82) is 0 Å². The van der Waals surface area contributed by atoms with Crippen LogP contribution < -0.4 is 0 Å². The number of hydrogen-bond donors (Lipinski definition) is 0. The molecule has 27 heavy (non-hydrogen) atoms. The van der Waals surface area contributed by atoms with Crippen molar-refractivity contribution in [3.63, 3.8) is 0 Å². The molecule has 5 nitrogen and oxygen atoms in total. The van der Waals surface area contributed by atoms with Gasteiger partial charge in [-0.3, -0.25) is 4.79 Å². The van der Waals surface area contributed by atoms with Gasteiger partial charge in [0, 0.05) is 15.3 Å². The smallest absolute Gasteiger partial charge is 0.344 e. The molecule has 0 radical (unpaired) electrons. The number of carbonyl (C=O) groups excluding carboxylic acids is 2. The predicted octanol–water partition coefficient (Wildman–Crippen LogP) is 5.16. The fraction of sp³-hybridized carbons (Fsp3) is 0.211. The number of rotatable bonds is 5. The molecule has 0 fully saturated rings. The number of esters is 1. The quantitative estimate of drug-likeness (QED) is 0.431. The van der Waals surface area contributed by atoms with Gasteiger partial charge in [-0.1, -0.05) is 22.8 Å². The van der Waals surface area contributed by atoms with Crippen molar-refractivity contribution in [3.05, 3.63) is 61.7 Å². The molecular weight excluding hydrogens is 393 g/mol. The van der Waals surface area contributed by atoms with Gasteiger partial charge in [0.2, 0.25) is 5.78 Å². The number of ether oxygens (including phenoxy) is 1. The summed E-state index contributed by atoms with van der Waals surface area (Å²) in [5, 5.41) is 3.83. The Morgan fingerprint density at radius 2 is 2.04 bits per heavy atom. The van der Waals surface area contributed by atoms with Crippen LogP contribution in [0.5, 0.6) is 0 Å². The lowest BCUT2D eigenvalue weighted by Crippen LogP contribution is -2.15. The van der Waals surface area contributed by atoms with Gasteiger partial charge in [-0.2, -0.15) is 0 Å². The van der Waals surface area contributed by atoms with Gasteiger partial charge in [0.1, 0.15) is 22.8 Å². The minimum Gasteiger partial charge on any atom is -0.454 e. The molecule has 0 aliphatic heterocycles. The van der Waals surface area contributed by atoms with E-state index < -0.39 is 18.4 Å². The molecule has 3 aromatic rings. The number of Topliss-reactive ketones (excluding diaryl/α,β-unsaturated/α-hetero) is 1. The summed E-state index contributed by atoms with van der Waals surface area (Å²) in [6, 6.07) is 5.87. The number of hydrogen-bond acceptors (Lipinski definition) is 6. The summed E-state index contributed by atoms with van der Waals surface area (Å²) in [6.45, 7) is 4.78. The Morgan fingerprint density at radius 3 is 2.67 bits per heavy atom. The Kier molecular flexibility index (Phi) is 5.43. The van der Waals surface area contributed by atoms with Crippen molar-refractivity contribution in [3.8, 4) is 11.3 Å². The minimum atomic E-state index is -0.832. The number of carbonyl (C=O) groups is 2. The van der Waals surface area contributed by atoms with E-state index in [9.17, 15) is 14.0 Å². The van der Waals surface area contributed by atoms with Gasteiger partial charge < -0.3 is 9.26 Å². The van der Waals surface area contributed by atoms with Gasteiger partial charge in [0.15, 0.2) is 6.61 Å². The van der Waals surface area contributed by atoms with E-state index in [0.717, 1.165) is 9.75 Å². The van der Waals surface area contributed by atoms with Crippen LogP contribution in [0.4, 0.5) is 4.39 Å². The molecule has 0 unspecified atom stereocenters. The molecule has 2 aromatic heterocycles. The standard InChI is InChI=1S/C19H15ClFNO4S/c1-9-7-12(11(3)27-9)15(23)8-25-19(24)16-10(2)26-22-18(16)17-13(20)5-4-6-14(17)21/h4-7H,8H2,1-3H3. The van der Waals surface area contributed by atoms with Crippen molar-refractivity contribution in [1.82, 2.24) is 5.16 Å². The van der Waals surface area contributed by atoms with E-state index in [4.69, 9.17) is 20.9 Å². The van der Waals surface area contributed by atoms with E-state index >= 15 is 0 Å². The molecular formula is C19H15ClFNO4S. The van der Waals surface area contributed by atoms with E-state index in [1.54, 1.807) is 6.07 Å². The lowest BCUT2D eigenvalue weighted by molar-refractivity contribution is 0.0473. The molecule has 0 bridgehead atoms. The lowest BCUT2D eigenvalue weighted by Gasteiger charge is -2.06. The zero-order valence-corrected chi connectivity index (χ0v) is 16.3. The number of nitrogens with zero attached hydrogens (tertiary/aromatic N) is 1. The largest absolute Gasteiger partial charge is 0.454 e. The summed E-state index contributed by atoms with van der Waals surface area (Å²) in [5.41, 5.74) is 0.340. The maximum atomic E-state index is 14.2. The summed E-state index contributed by atoms with van der Waals surface area (Å²) >= 11 is 7.54. The summed E-state index contributed by atoms with van der Waals surface area (Å²) in [5.74, 6) is -1.65. The van der Waals surface area contributed by atoms with Crippen LogP contribution in [-0.2, 0) is 4.74 Å². The molecule has 0 N–H and O–H groups in total. The number of aryl methyl sites for hydroxylation is 3. The molecule has 140 valence electrons. The Balaban J connectivity index is 1.85. The summed E-state index contributed by atoms with van der Waals surface area (Å²) in [6.07, 6.45) is 0. The van der Waals surface area contributed by atoms with Gasteiger partial charge in [0.05, 0.1) is 10.6 Å². The number of benzene rings is 1. The van der Waals surface area contributed by atoms with Gasteiger partial charge in [-0.15, -0.1) is 11.3 Å². The SMILES string of the molecule is Cc1cc(C(=O)COC(=O)c2c(-c3c(F)cccc3Cl)noc2C)c(C)s1. The van der Waals surface area contributed by atoms with Crippen LogP contribution >= 0.6 is 22.9 Å². The first-order valence-electron chi connectivity index (χ1n) is 7.97. The van der Waals surface area contributed by atoms with E-state index in [2.05, 4.69) is 5.16 Å². The number of aromatic nitrogens is 1. The molecule has 0 aliphatic rings. The maximum absolute atomic E-state index is 14.2. The molecule has 1 aromatic carbocycles. The molecule has 0 amide bonds. The zero-order valence-electron chi connectivity index (χ0n) is 14.8. The fourth-order valence-corrected chi connectivity index (χ4v) is 3.89. The second-order valence-electron chi connectivity index (χ2n) is 5.89. The highest BCUT2D eigenvalue weighted by Gasteiger charge is 2.27. The zero-order chi connectivity index (χ0) is 19.7. The average molecular weight is 408 g/mol. The third-order valence-corrected chi connectivity index (χ3v) is 5.22. The average Bonchev–Trinajstić information content (AvgIpc) is 3.14. The first kappa shape index (κ1) is 19.3. The van der Waals surface area contributed by atoms with E-state index in [0.29, 0.717) is 5.56 Å². The molecule has 0 spiro atoms. The summed E-state index contributed by atoms with van der Waals surface area (Å²) in [7, 11) is 0. The second kappa shape index (κ2) is 7.62. The van der Waals surface area contributed by atoms with Crippen LogP contribution in [0, 0.1) is 26.6 Å². The molecule has 8 heteroatoms. The Hall–Kier alpha value is -2.51. The number of thiophene rings is 1. The molecule has 2 heterocycles. The first-order chi connectivity index (χ1) is 12.8. The van der Waals surface area contributed by atoms with Gasteiger partial charge in [-0.25, -0.2) is 9.18 Å². The van der Waals surface area contributed by atoms with Crippen LogP contribution in [0.3, 0.4) is 0 Å². The second-order valence-corrected chi connectivity index (χ2v) is 7.75. The van der Waals surface area contributed by atoms with E-state index in [1.807, 2.05) is 13.8 Å². The molecule has 0 saturated carbocycles. The summed E-state index contributed by atoms with van der Waals surface area (Å²) in [4.78, 5) is 26.7. The highest BCUT2D eigenvalue weighted by atomic mass is 35.5. The predicted molar refractivity (Wildman–Crippen MR) is 100 cm³/mol. The van der Waals surface area contributed by atoms with Crippen LogP contribution in [0.25, 0.3) is 11.3 Å². The molecule has 0 saturated heterocycles. The number of ketones is 1. The third kappa shape index (κ3) is 3.79. The monoisotopic (exact) mass is 407 g/mol. The van der Waals surface area contributed by atoms with Crippen molar-refractivity contribution >= 4 is 34.7 Å². The van der Waals surface area contributed by atoms with Gasteiger partial charge >= 0.3 is 5.97 Å². The highest BCUT2D eigenvalue weighted by Crippen LogP contribution is 2.33. The van der Waals surface area contributed by atoms with Gasteiger partial charge in [0.25, 0.3) is 0 Å². The normalized spacial score (nSPS) is 10.9. The molecule has 0 atom stereocenters. The van der Waals surface area contributed by atoms with Crippen LogP contribution in [0.2, 0.25) is 5.02 Å². The van der Waals surface area contributed by atoms with Crippen LogP contribution in [0.1, 0.15) is 36.2 Å². The number of halogens is 2. The Morgan fingerprint density at radius 1 is 1.30 bits per heavy atom. The Bertz CT molecular complexity index is 1020. The minimum absolute atomic E-state index is 0.0569. The summed E-state index contributed by atoms with van der Waals surface area (Å²) < 4.78 is 24.4. The van der Waals surface area contributed by atoms with Crippen molar-refractivity contribution in [2.75, 3.05) is 6.61 Å². The highest BCUT2D eigenvalue weighted by molar-refractivity contribution is 7.12. The maximum Gasteiger partial charge on any atom is 0.344 e. The molecule has 3 rings (SSSR count). The first-order valence-corrected chi connectivity index (χ1v) is 9.17. The lowest BCUT2D eigenvalue weighted by atomic mass is 10.1. The van der Waals surface area contributed by atoms with Gasteiger partial charge in [-0.05, 0) is 39.0 Å². The topological polar surface area (TPSA) is 69.4 Å². The van der Waals surface area contributed by atoms with E-state index in [1.165, 1.54) is 36.5 Å². The van der Waals surface area contributed by atoms with Crippen molar-refractivity contribution < 1.29 is 23.2 Å². The van der Waals surface area contributed by atoms with Crippen molar-refractivity contribution in [2.45, 2.75) is 20.8 Å². The Labute approximate surface area is 163 Å². The van der Waals surface area contributed by atoms with Crippen molar-refractivity contribution in [2.24, 2.45) is 0 Å². The van der Waals surface area contributed by atoms with Crippen LogP contribution in [0.15, 0.2) is 28.8 Å². The van der Waals surface area contributed by atoms with E-state index in [-0.39, 0.29) is 33.4 Å². The molecule has 0 aliphatic carbocycles. The third-order valence-electron chi connectivity index (χ3n) is 3.94. The van der Waals surface area contributed by atoms with Crippen LogP contribution in [-0.4, -0.2) is 23.5 Å². The fourth-order valence-electron chi connectivity index (χ4n) is 2.70.